The highest BCUT2D eigenvalue weighted by atomic mass is 35.5. The molecule has 2 rings (SSSR count). The van der Waals surface area contributed by atoms with Crippen molar-refractivity contribution in [2.45, 2.75) is 6.92 Å². The van der Waals surface area contributed by atoms with Gasteiger partial charge in [-0.15, -0.1) is 0 Å². The smallest absolute Gasteiger partial charge is 0.360 e. The SMILES string of the molecule is CCOC(=O)c1coc(-c2cccc(Cl)c2)n1. The van der Waals surface area contributed by atoms with Gasteiger partial charge in [-0.2, -0.15) is 0 Å². The lowest BCUT2D eigenvalue weighted by Crippen LogP contribution is -2.04. The normalized spacial score (nSPS) is 10.2. The summed E-state index contributed by atoms with van der Waals surface area (Å²) in [5, 5.41) is 0.582. The van der Waals surface area contributed by atoms with Crippen molar-refractivity contribution in [1.29, 1.82) is 0 Å². The van der Waals surface area contributed by atoms with Gasteiger partial charge in [-0.3, -0.25) is 0 Å². The van der Waals surface area contributed by atoms with Crippen LogP contribution in [0.5, 0.6) is 0 Å². The topological polar surface area (TPSA) is 52.3 Å². The molecule has 1 aromatic carbocycles. The zero-order chi connectivity index (χ0) is 12.3. The van der Waals surface area contributed by atoms with Crippen molar-refractivity contribution in [3.63, 3.8) is 0 Å². The van der Waals surface area contributed by atoms with Gasteiger partial charge in [-0.25, -0.2) is 9.78 Å². The number of benzene rings is 1. The average Bonchev–Trinajstić information content (AvgIpc) is 2.78. The number of carbonyl (C=O) groups excluding carboxylic acids is 1. The molecule has 0 radical (unpaired) electrons. The molecule has 1 aromatic heterocycles. The number of carbonyl (C=O) groups is 1. The minimum atomic E-state index is -0.496. The van der Waals surface area contributed by atoms with Crippen LogP contribution in [0, 0.1) is 0 Å². The lowest BCUT2D eigenvalue weighted by molar-refractivity contribution is 0.0519. The van der Waals surface area contributed by atoms with E-state index in [-0.39, 0.29) is 5.69 Å². The highest BCUT2D eigenvalue weighted by Gasteiger charge is 2.14. The second kappa shape index (κ2) is 5.01. The molecule has 0 bridgehead atoms. The first-order valence-corrected chi connectivity index (χ1v) is 5.47. The summed E-state index contributed by atoms with van der Waals surface area (Å²) in [5.41, 5.74) is 0.870. The summed E-state index contributed by atoms with van der Waals surface area (Å²) in [5.74, 6) is -0.153. The van der Waals surface area contributed by atoms with Crippen LogP contribution in [-0.2, 0) is 4.74 Å². The van der Waals surface area contributed by atoms with Crippen LogP contribution < -0.4 is 0 Å². The monoisotopic (exact) mass is 251 g/mol. The number of hydrogen-bond donors (Lipinski definition) is 0. The summed E-state index contributed by atoms with van der Waals surface area (Å²) in [6.45, 7) is 2.04. The van der Waals surface area contributed by atoms with Crippen LogP contribution in [0.4, 0.5) is 0 Å². The predicted octanol–water partition coefficient (Wildman–Crippen LogP) is 3.17. The third-order valence-corrected chi connectivity index (χ3v) is 2.30. The van der Waals surface area contributed by atoms with Crippen LogP contribution in [0.3, 0.4) is 0 Å². The maximum atomic E-state index is 11.4. The number of halogens is 1. The van der Waals surface area contributed by atoms with E-state index in [4.69, 9.17) is 20.8 Å². The van der Waals surface area contributed by atoms with E-state index in [1.54, 1.807) is 31.2 Å². The van der Waals surface area contributed by atoms with Crippen molar-refractivity contribution < 1.29 is 13.9 Å². The first-order chi connectivity index (χ1) is 8.20. The molecule has 88 valence electrons. The van der Waals surface area contributed by atoms with Crippen LogP contribution in [0.25, 0.3) is 11.5 Å². The van der Waals surface area contributed by atoms with Crippen molar-refractivity contribution in [3.05, 3.63) is 41.2 Å². The minimum Gasteiger partial charge on any atom is -0.461 e. The number of rotatable bonds is 3. The molecule has 0 N–H and O–H groups in total. The molecule has 0 aliphatic carbocycles. The van der Waals surface area contributed by atoms with Crippen molar-refractivity contribution in [1.82, 2.24) is 4.98 Å². The van der Waals surface area contributed by atoms with Gasteiger partial charge in [-0.1, -0.05) is 17.7 Å². The fourth-order valence-electron chi connectivity index (χ4n) is 1.33. The summed E-state index contributed by atoms with van der Waals surface area (Å²) < 4.78 is 10.0. The molecule has 17 heavy (non-hydrogen) atoms. The molecular weight excluding hydrogens is 242 g/mol. The van der Waals surface area contributed by atoms with E-state index in [0.717, 1.165) is 0 Å². The van der Waals surface area contributed by atoms with Crippen LogP contribution in [0.2, 0.25) is 5.02 Å². The lowest BCUT2D eigenvalue weighted by atomic mass is 10.2. The zero-order valence-corrected chi connectivity index (χ0v) is 9.90. The molecule has 0 unspecified atom stereocenters. The van der Waals surface area contributed by atoms with Gasteiger partial charge < -0.3 is 9.15 Å². The molecule has 0 aliphatic rings. The van der Waals surface area contributed by atoms with Crippen molar-refractivity contribution in [2.24, 2.45) is 0 Å². The van der Waals surface area contributed by atoms with Gasteiger partial charge in [0.05, 0.1) is 6.61 Å². The van der Waals surface area contributed by atoms with E-state index >= 15 is 0 Å². The Balaban J connectivity index is 2.27. The van der Waals surface area contributed by atoms with E-state index in [0.29, 0.717) is 23.1 Å². The second-order valence-corrected chi connectivity index (χ2v) is 3.71. The van der Waals surface area contributed by atoms with Gasteiger partial charge in [0, 0.05) is 10.6 Å². The highest BCUT2D eigenvalue weighted by molar-refractivity contribution is 6.30. The molecule has 0 fully saturated rings. The number of esters is 1. The van der Waals surface area contributed by atoms with E-state index in [1.807, 2.05) is 0 Å². The lowest BCUT2D eigenvalue weighted by Gasteiger charge is -1.96. The quantitative estimate of drug-likeness (QED) is 0.787. The largest absolute Gasteiger partial charge is 0.461 e. The average molecular weight is 252 g/mol. The van der Waals surface area contributed by atoms with Gasteiger partial charge in [0.15, 0.2) is 5.69 Å². The Morgan fingerprint density at radius 1 is 1.53 bits per heavy atom. The predicted molar refractivity (Wildman–Crippen MR) is 62.9 cm³/mol. The third kappa shape index (κ3) is 2.65. The molecule has 0 saturated heterocycles. The maximum Gasteiger partial charge on any atom is 0.360 e. The minimum absolute atomic E-state index is 0.154. The zero-order valence-electron chi connectivity index (χ0n) is 9.14. The second-order valence-electron chi connectivity index (χ2n) is 3.27. The summed E-state index contributed by atoms with van der Waals surface area (Å²) in [4.78, 5) is 15.4. The Labute approximate surface area is 103 Å². The number of oxazole rings is 1. The standard InChI is InChI=1S/C12H10ClNO3/c1-2-16-12(15)10-7-17-11(14-10)8-4-3-5-9(13)6-8/h3-7H,2H2,1H3. The molecule has 0 amide bonds. The van der Waals surface area contributed by atoms with Crippen LogP contribution in [0.1, 0.15) is 17.4 Å². The van der Waals surface area contributed by atoms with Crippen LogP contribution in [-0.4, -0.2) is 17.6 Å². The van der Waals surface area contributed by atoms with E-state index in [1.165, 1.54) is 6.26 Å². The van der Waals surface area contributed by atoms with Gasteiger partial charge in [0.25, 0.3) is 0 Å². The summed E-state index contributed by atoms with van der Waals surface area (Å²) in [6, 6.07) is 7.04. The van der Waals surface area contributed by atoms with Crippen molar-refractivity contribution >= 4 is 17.6 Å². The van der Waals surface area contributed by atoms with Crippen molar-refractivity contribution in [3.8, 4) is 11.5 Å². The Bertz CT molecular complexity index is 536. The Kier molecular flexibility index (Phi) is 3.44. The number of nitrogens with zero attached hydrogens (tertiary/aromatic N) is 1. The van der Waals surface area contributed by atoms with E-state index < -0.39 is 5.97 Å². The fraction of sp³-hybridized carbons (Fsp3) is 0.167. The third-order valence-electron chi connectivity index (χ3n) is 2.06. The molecule has 0 spiro atoms. The summed E-state index contributed by atoms with van der Waals surface area (Å²) in [6.07, 6.45) is 1.27. The molecule has 0 aliphatic heterocycles. The maximum absolute atomic E-state index is 11.4. The van der Waals surface area contributed by atoms with Crippen LogP contribution in [0.15, 0.2) is 34.9 Å². The van der Waals surface area contributed by atoms with Gasteiger partial charge in [0.1, 0.15) is 6.26 Å². The van der Waals surface area contributed by atoms with Crippen LogP contribution >= 0.6 is 11.6 Å². The highest BCUT2D eigenvalue weighted by Crippen LogP contribution is 2.22. The molecule has 0 saturated carbocycles. The Morgan fingerprint density at radius 3 is 3.06 bits per heavy atom. The molecule has 5 heteroatoms. The molecule has 0 atom stereocenters. The number of ether oxygens (including phenoxy) is 1. The molecule has 2 aromatic rings. The number of aromatic nitrogens is 1. The Hall–Kier alpha value is -1.81. The number of hydrogen-bond acceptors (Lipinski definition) is 4. The Morgan fingerprint density at radius 2 is 2.35 bits per heavy atom. The first kappa shape index (κ1) is 11.7. The molecular formula is C12H10ClNO3. The van der Waals surface area contributed by atoms with Gasteiger partial charge >= 0.3 is 5.97 Å². The summed E-state index contributed by atoms with van der Waals surface area (Å²) in [7, 11) is 0. The van der Waals surface area contributed by atoms with Crippen molar-refractivity contribution in [2.75, 3.05) is 6.61 Å². The van der Waals surface area contributed by atoms with E-state index in [9.17, 15) is 4.79 Å². The fourth-order valence-corrected chi connectivity index (χ4v) is 1.52. The first-order valence-electron chi connectivity index (χ1n) is 5.09. The summed E-state index contributed by atoms with van der Waals surface area (Å²) >= 11 is 5.85. The molecule has 4 nitrogen and oxygen atoms in total. The van der Waals surface area contributed by atoms with Gasteiger partial charge in [-0.05, 0) is 25.1 Å². The van der Waals surface area contributed by atoms with Gasteiger partial charge in [0.2, 0.25) is 5.89 Å². The molecule has 1 heterocycles. The van der Waals surface area contributed by atoms with E-state index in [2.05, 4.69) is 4.98 Å².